The van der Waals surface area contributed by atoms with Gasteiger partial charge in [0.25, 0.3) is 0 Å². The van der Waals surface area contributed by atoms with Crippen LogP contribution in [0.3, 0.4) is 0 Å². The molecular weight excluding hydrogens is 315 g/mol. The fraction of sp³-hybridized carbons (Fsp3) is 0.727. The van der Waals surface area contributed by atoms with Gasteiger partial charge in [-0.15, -0.1) is 0 Å². The second kappa shape index (κ2) is 6.17. The lowest BCUT2D eigenvalue weighted by atomic mass is 9.52. The fourth-order valence-electron chi connectivity index (χ4n) is 6.95. The van der Waals surface area contributed by atoms with Crippen molar-refractivity contribution >= 4 is 11.6 Å². The Bertz CT molecular complexity index is 648. The molecule has 4 aliphatic carbocycles. The molecule has 25 heavy (non-hydrogen) atoms. The van der Waals surface area contributed by atoms with Crippen molar-refractivity contribution < 1.29 is 14.0 Å². The number of hydrogen-bond donors (Lipinski definition) is 0. The molecule has 0 amide bonds. The molecule has 2 saturated carbocycles. The summed E-state index contributed by atoms with van der Waals surface area (Å²) in [6, 6.07) is 0. The van der Waals surface area contributed by atoms with Crippen LogP contribution < -0.4 is 0 Å². The van der Waals surface area contributed by atoms with Gasteiger partial charge in [-0.3, -0.25) is 9.59 Å². The van der Waals surface area contributed by atoms with Crippen LogP contribution in [0.1, 0.15) is 52.4 Å². The van der Waals surface area contributed by atoms with Crippen molar-refractivity contribution in [3.63, 3.8) is 0 Å². The second-order valence-corrected chi connectivity index (χ2v) is 8.99. The minimum absolute atomic E-state index is 0.0545. The van der Waals surface area contributed by atoms with E-state index in [9.17, 15) is 14.0 Å². The maximum absolute atomic E-state index is 13.3. The second-order valence-electron chi connectivity index (χ2n) is 8.99. The molecule has 0 aromatic rings. The molecular formula is C22H29FO2. The van der Waals surface area contributed by atoms with Gasteiger partial charge in [0.05, 0.1) is 0 Å². The van der Waals surface area contributed by atoms with E-state index in [0.717, 1.165) is 32.1 Å². The van der Waals surface area contributed by atoms with Crippen molar-refractivity contribution in [1.82, 2.24) is 0 Å². The molecule has 0 heterocycles. The highest BCUT2D eigenvalue weighted by atomic mass is 19.1. The standard InChI is InChI=1S/C22H29FO2/c1-3-13-11-19-18-6-4-14-10-15(24)5-7-16(14)17(18)8-9-22(19,2)21(13)20(25)12-23/h4,6,10,13,16-19,21H,3,5,7-9,11-12H2,1-2H3/t13-,16+,17-,18-,19+,21-,22+/m1/s1. The number of carbonyl (C=O) groups is 2. The van der Waals surface area contributed by atoms with Crippen molar-refractivity contribution in [3.8, 4) is 0 Å². The maximum atomic E-state index is 13.3. The van der Waals surface area contributed by atoms with E-state index in [1.54, 1.807) is 0 Å². The van der Waals surface area contributed by atoms with Gasteiger partial charge < -0.3 is 0 Å². The number of Topliss-reactive ketones (excluding diaryl/α,β-unsaturated/α-hetero) is 1. The number of rotatable bonds is 3. The lowest BCUT2D eigenvalue weighted by Gasteiger charge is -2.51. The van der Waals surface area contributed by atoms with Crippen molar-refractivity contribution in [2.45, 2.75) is 52.4 Å². The molecule has 0 unspecified atom stereocenters. The van der Waals surface area contributed by atoms with Crippen molar-refractivity contribution in [1.29, 1.82) is 0 Å². The van der Waals surface area contributed by atoms with Crippen LogP contribution in [0.4, 0.5) is 4.39 Å². The molecule has 136 valence electrons. The lowest BCUT2D eigenvalue weighted by molar-refractivity contribution is -0.130. The Morgan fingerprint density at radius 2 is 2.16 bits per heavy atom. The van der Waals surface area contributed by atoms with Crippen LogP contribution in [0.25, 0.3) is 0 Å². The monoisotopic (exact) mass is 344 g/mol. The van der Waals surface area contributed by atoms with E-state index in [-0.39, 0.29) is 22.9 Å². The molecule has 3 heteroatoms. The Morgan fingerprint density at radius 1 is 1.36 bits per heavy atom. The van der Waals surface area contributed by atoms with Crippen LogP contribution in [0.2, 0.25) is 0 Å². The zero-order chi connectivity index (χ0) is 17.8. The number of hydrogen-bond acceptors (Lipinski definition) is 2. The smallest absolute Gasteiger partial charge is 0.167 e. The summed E-state index contributed by atoms with van der Waals surface area (Å²) in [6.07, 6.45) is 12.2. The molecule has 0 N–H and O–H groups in total. The van der Waals surface area contributed by atoms with E-state index in [1.165, 1.54) is 5.57 Å². The summed E-state index contributed by atoms with van der Waals surface area (Å²) < 4.78 is 13.3. The average molecular weight is 344 g/mol. The Morgan fingerprint density at radius 3 is 2.88 bits per heavy atom. The molecule has 0 aromatic carbocycles. The van der Waals surface area contributed by atoms with Gasteiger partial charge in [-0.25, -0.2) is 4.39 Å². The van der Waals surface area contributed by atoms with E-state index < -0.39 is 6.67 Å². The SMILES string of the molecule is CC[C@@H]1C[C@H]2[C@@H]3C=CC4=CC(=O)CC[C@@H]4[C@H]3CC[C@]2(C)[C@H]1C(=O)CF. The van der Waals surface area contributed by atoms with Gasteiger partial charge in [-0.2, -0.15) is 0 Å². The zero-order valence-electron chi connectivity index (χ0n) is 15.3. The third kappa shape index (κ3) is 2.49. The summed E-state index contributed by atoms with van der Waals surface area (Å²) >= 11 is 0. The molecule has 0 radical (unpaired) electrons. The van der Waals surface area contributed by atoms with Crippen LogP contribution in [-0.4, -0.2) is 18.2 Å². The molecule has 0 aromatic heterocycles. The quantitative estimate of drug-likeness (QED) is 0.744. The fourth-order valence-corrected chi connectivity index (χ4v) is 6.95. The van der Waals surface area contributed by atoms with E-state index in [2.05, 4.69) is 26.0 Å². The Kier molecular flexibility index (Phi) is 4.24. The van der Waals surface area contributed by atoms with Gasteiger partial charge in [0.1, 0.15) is 6.67 Å². The number of fused-ring (bicyclic) bond motifs is 5. The lowest BCUT2D eigenvalue weighted by Crippen LogP contribution is -2.46. The first-order chi connectivity index (χ1) is 12.0. The Labute approximate surface area is 149 Å². The van der Waals surface area contributed by atoms with Crippen LogP contribution in [0.5, 0.6) is 0 Å². The Balaban J connectivity index is 1.69. The minimum Gasteiger partial charge on any atom is -0.296 e. The molecule has 0 aliphatic heterocycles. The maximum Gasteiger partial charge on any atom is 0.167 e. The third-order valence-corrected chi connectivity index (χ3v) is 8.05. The van der Waals surface area contributed by atoms with Crippen LogP contribution in [-0.2, 0) is 9.59 Å². The van der Waals surface area contributed by atoms with Crippen molar-refractivity contribution in [2.24, 2.45) is 40.9 Å². The summed E-state index contributed by atoms with van der Waals surface area (Å²) in [7, 11) is 0. The summed E-state index contributed by atoms with van der Waals surface area (Å²) in [4.78, 5) is 24.2. The summed E-state index contributed by atoms with van der Waals surface area (Å²) in [5.41, 5.74) is 1.17. The number of carbonyl (C=O) groups excluding carboxylic acids is 2. The van der Waals surface area contributed by atoms with Gasteiger partial charge in [0.2, 0.25) is 0 Å². The first-order valence-corrected chi connectivity index (χ1v) is 10.0. The highest BCUT2D eigenvalue weighted by Gasteiger charge is 2.59. The average Bonchev–Trinajstić information content (AvgIpc) is 2.93. The molecule has 0 saturated heterocycles. The topological polar surface area (TPSA) is 34.1 Å². The van der Waals surface area contributed by atoms with E-state index in [0.29, 0.717) is 36.0 Å². The molecule has 2 nitrogen and oxygen atoms in total. The molecule has 0 bridgehead atoms. The van der Waals surface area contributed by atoms with Gasteiger partial charge >= 0.3 is 0 Å². The first kappa shape index (κ1) is 17.2. The minimum atomic E-state index is -0.814. The predicted octanol–water partition coefficient (Wildman–Crippen LogP) is 4.70. The summed E-state index contributed by atoms with van der Waals surface area (Å²) in [5, 5.41) is 0. The number of allylic oxidation sites excluding steroid dienone is 4. The van der Waals surface area contributed by atoms with Gasteiger partial charge in [0, 0.05) is 12.3 Å². The predicted molar refractivity (Wildman–Crippen MR) is 95.6 cm³/mol. The van der Waals surface area contributed by atoms with E-state index in [1.807, 2.05) is 6.08 Å². The van der Waals surface area contributed by atoms with Crippen LogP contribution in [0.15, 0.2) is 23.8 Å². The Hall–Kier alpha value is -1.25. The van der Waals surface area contributed by atoms with Crippen LogP contribution in [0, 0.1) is 40.9 Å². The third-order valence-electron chi connectivity index (χ3n) is 8.05. The molecule has 4 rings (SSSR count). The largest absolute Gasteiger partial charge is 0.296 e. The summed E-state index contributed by atoms with van der Waals surface area (Å²) in [5.74, 6) is 2.39. The van der Waals surface area contributed by atoms with Crippen LogP contribution >= 0.6 is 0 Å². The first-order valence-electron chi connectivity index (χ1n) is 10.0. The van der Waals surface area contributed by atoms with Gasteiger partial charge in [0.15, 0.2) is 11.6 Å². The highest BCUT2D eigenvalue weighted by molar-refractivity contribution is 5.92. The van der Waals surface area contributed by atoms with Gasteiger partial charge in [-0.05, 0) is 72.3 Å². The van der Waals surface area contributed by atoms with E-state index in [4.69, 9.17) is 0 Å². The van der Waals surface area contributed by atoms with E-state index >= 15 is 0 Å². The normalized spacial score (nSPS) is 45.4. The van der Waals surface area contributed by atoms with Gasteiger partial charge in [-0.1, -0.05) is 32.4 Å². The highest BCUT2D eigenvalue weighted by Crippen LogP contribution is 2.64. The zero-order valence-corrected chi connectivity index (χ0v) is 15.3. The molecule has 7 atom stereocenters. The van der Waals surface area contributed by atoms with Crippen molar-refractivity contribution in [3.05, 3.63) is 23.8 Å². The molecule has 0 spiro atoms. The number of ketones is 2. The number of alkyl halides is 1. The number of halogens is 1. The summed E-state index contributed by atoms with van der Waals surface area (Å²) in [6.45, 7) is 3.59. The molecule has 4 aliphatic rings. The molecule has 2 fully saturated rings. The van der Waals surface area contributed by atoms with Crippen molar-refractivity contribution in [2.75, 3.05) is 6.67 Å².